The number of aliphatic hydroxyl groups is 1. The van der Waals surface area contributed by atoms with E-state index in [1.165, 1.54) is 11.8 Å². The fourth-order valence-corrected chi connectivity index (χ4v) is 2.23. The van der Waals surface area contributed by atoms with Crippen LogP contribution in [0.2, 0.25) is 0 Å². The van der Waals surface area contributed by atoms with Crippen LogP contribution in [0.3, 0.4) is 0 Å². The second kappa shape index (κ2) is 5.37. The highest BCUT2D eigenvalue weighted by Gasteiger charge is 2.16. The van der Waals surface area contributed by atoms with E-state index in [1.54, 1.807) is 19.1 Å². The van der Waals surface area contributed by atoms with Gasteiger partial charge in [0.25, 0.3) is 0 Å². The first-order valence-corrected chi connectivity index (χ1v) is 5.98. The van der Waals surface area contributed by atoms with Gasteiger partial charge in [0, 0.05) is 10.1 Å². The van der Waals surface area contributed by atoms with Crippen LogP contribution in [0.5, 0.6) is 0 Å². The zero-order chi connectivity index (χ0) is 12.3. The van der Waals surface area contributed by atoms with Gasteiger partial charge in [-0.05, 0) is 26.0 Å². The molecule has 0 saturated heterocycles. The zero-order valence-corrected chi connectivity index (χ0v) is 10.4. The van der Waals surface area contributed by atoms with Gasteiger partial charge in [0.05, 0.1) is 11.7 Å². The summed E-state index contributed by atoms with van der Waals surface area (Å²) in [5, 5.41) is 18.4. The number of carbonyl (C=O) groups is 1. The van der Waals surface area contributed by atoms with Crippen molar-refractivity contribution in [2.45, 2.75) is 37.0 Å². The lowest BCUT2D eigenvalue weighted by Gasteiger charge is -2.15. The normalized spacial score (nSPS) is 14.5. The number of hydrogen-bond donors (Lipinski definition) is 2. The summed E-state index contributed by atoms with van der Waals surface area (Å²) in [6.07, 6.45) is -0.465. The van der Waals surface area contributed by atoms with E-state index in [-0.39, 0.29) is 5.25 Å². The summed E-state index contributed by atoms with van der Waals surface area (Å²) in [6, 6.07) is 5.32. The molecule has 1 rings (SSSR count). The number of aromatic carboxylic acids is 1. The SMILES string of the molecule is Cc1ccc(SC(C)C(C)O)c(C(=O)O)c1. The van der Waals surface area contributed by atoms with Crippen LogP contribution in [0, 0.1) is 6.92 Å². The van der Waals surface area contributed by atoms with Crippen LogP contribution in [0.4, 0.5) is 0 Å². The monoisotopic (exact) mass is 240 g/mol. The molecule has 0 aliphatic carbocycles. The maximum absolute atomic E-state index is 11.0. The Morgan fingerprint density at radius 1 is 1.38 bits per heavy atom. The lowest BCUT2D eigenvalue weighted by molar-refractivity contribution is 0.0693. The van der Waals surface area contributed by atoms with E-state index in [0.717, 1.165) is 5.56 Å². The number of thioether (sulfide) groups is 1. The molecule has 4 heteroatoms. The quantitative estimate of drug-likeness (QED) is 0.794. The van der Waals surface area contributed by atoms with Gasteiger partial charge < -0.3 is 10.2 Å². The smallest absolute Gasteiger partial charge is 0.336 e. The third-order valence-electron chi connectivity index (χ3n) is 2.36. The summed E-state index contributed by atoms with van der Waals surface area (Å²) < 4.78 is 0. The molecule has 2 unspecified atom stereocenters. The van der Waals surface area contributed by atoms with Crippen LogP contribution in [-0.4, -0.2) is 27.5 Å². The first-order chi connectivity index (χ1) is 7.41. The lowest BCUT2D eigenvalue weighted by Crippen LogP contribution is -2.15. The van der Waals surface area contributed by atoms with Gasteiger partial charge in [0.1, 0.15) is 0 Å². The lowest BCUT2D eigenvalue weighted by atomic mass is 10.1. The van der Waals surface area contributed by atoms with Gasteiger partial charge in [-0.2, -0.15) is 0 Å². The fraction of sp³-hybridized carbons (Fsp3) is 0.417. The van der Waals surface area contributed by atoms with Crippen LogP contribution in [0.15, 0.2) is 23.1 Å². The Morgan fingerprint density at radius 2 is 2.00 bits per heavy atom. The molecular weight excluding hydrogens is 224 g/mol. The zero-order valence-electron chi connectivity index (χ0n) is 9.60. The number of aryl methyl sites for hydroxylation is 1. The Hall–Kier alpha value is -1.00. The molecule has 0 heterocycles. The number of carboxylic acids is 1. The van der Waals surface area contributed by atoms with E-state index in [4.69, 9.17) is 5.11 Å². The first-order valence-electron chi connectivity index (χ1n) is 5.10. The first kappa shape index (κ1) is 13.1. The molecule has 0 aliphatic rings. The molecule has 0 amide bonds. The molecule has 3 nitrogen and oxygen atoms in total. The van der Waals surface area contributed by atoms with Gasteiger partial charge in [-0.1, -0.05) is 18.6 Å². The molecule has 0 aromatic heterocycles. The minimum absolute atomic E-state index is 0.0270. The van der Waals surface area contributed by atoms with Crippen LogP contribution >= 0.6 is 11.8 Å². The summed E-state index contributed by atoms with van der Waals surface area (Å²) in [4.78, 5) is 11.7. The van der Waals surface area contributed by atoms with Crippen molar-refractivity contribution in [1.29, 1.82) is 0 Å². The van der Waals surface area contributed by atoms with Gasteiger partial charge in [-0.3, -0.25) is 0 Å². The Balaban J connectivity index is 2.99. The Labute approximate surface area is 99.5 Å². The van der Waals surface area contributed by atoms with Crippen LogP contribution in [0.1, 0.15) is 29.8 Å². The summed E-state index contributed by atoms with van der Waals surface area (Å²) in [6.45, 7) is 5.44. The second-order valence-corrected chi connectivity index (χ2v) is 5.29. The average Bonchev–Trinajstić information content (AvgIpc) is 2.20. The third kappa shape index (κ3) is 3.25. The van der Waals surface area contributed by atoms with Crippen molar-refractivity contribution in [2.24, 2.45) is 0 Å². The van der Waals surface area contributed by atoms with E-state index in [1.807, 2.05) is 19.9 Å². The molecular formula is C12H16O3S. The average molecular weight is 240 g/mol. The van der Waals surface area contributed by atoms with Gasteiger partial charge in [0.2, 0.25) is 0 Å². The van der Waals surface area contributed by atoms with Crippen LogP contribution in [-0.2, 0) is 0 Å². The molecule has 2 N–H and O–H groups in total. The maximum atomic E-state index is 11.0. The van der Waals surface area contributed by atoms with E-state index in [2.05, 4.69) is 0 Å². The molecule has 0 spiro atoms. The highest BCUT2D eigenvalue weighted by atomic mass is 32.2. The number of hydrogen-bond acceptors (Lipinski definition) is 3. The Morgan fingerprint density at radius 3 is 2.50 bits per heavy atom. The van der Waals surface area contributed by atoms with Crippen molar-refractivity contribution in [3.63, 3.8) is 0 Å². The summed E-state index contributed by atoms with van der Waals surface area (Å²) >= 11 is 1.38. The third-order valence-corrected chi connectivity index (χ3v) is 3.73. The molecule has 16 heavy (non-hydrogen) atoms. The minimum Gasteiger partial charge on any atom is -0.478 e. The summed E-state index contributed by atoms with van der Waals surface area (Å²) in [7, 11) is 0. The van der Waals surface area contributed by atoms with E-state index >= 15 is 0 Å². The molecule has 0 saturated carbocycles. The fourth-order valence-electron chi connectivity index (χ4n) is 1.21. The molecule has 0 fully saturated rings. The molecule has 88 valence electrons. The van der Waals surface area contributed by atoms with Crippen LogP contribution in [0.25, 0.3) is 0 Å². The molecule has 0 aliphatic heterocycles. The number of benzene rings is 1. The van der Waals surface area contributed by atoms with Gasteiger partial charge in [-0.15, -0.1) is 11.8 Å². The van der Waals surface area contributed by atoms with Crippen molar-refractivity contribution in [3.8, 4) is 0 Å². The molecule has 1 aromatic carbocycles. The van der Waals surface area contributed by atoms with E-state index in [9.17, 15) is 9.90 Å². The van der Waals surface area contributed by atoms with Crippen molar-refractivity contribution < 1.29 is 15.0 Å². The second-order valence-electron chi connectivity index (χ2n) is 3.87. The Kier molecular flexibility index (Phi) is 4.38. The minimum atomic E-state index is -0.927. The van der Waals surface area contributed by atoms with Crippen molar-refractivity contribution in [1.82, 2.24) is 0 Å². The number of aliphatic hydroxyl groups excluding tert-OH is 1. The highest BCUT2D eigenvalue weighted by Crippen LogP contribution is 2.29. The number of carboxylic acid groups (broad SMARTS) is 1. The molecule has 0 radical (unpaired) electrons. The Bertz CT molecular complexity index is 388. The van der Waals surface area contributed by atoms with E-state index in [0.29, 0.717) is 10.5 Å². The number of rotatable bonds is 4. The van der Waals surface area contributed by atoms with Gasteiger partial charge in [-0.25, -0.2) is 4.79 Å². The summed E-state index contributed by atoms with van der Waals surface area (Å²) in [5.74, 6) is -0.927. The van der Waals surface area contributed by atoms with Gasteiger partial charge in [0.15, 0.2) is 0 Å². The molecule has 1 aromatic rings. The van der Waals surface area contributed by atoms with E-state index < -0.39 is 12.1 Å². The van der Waals surface area contributed by atoms with Gasteiger partial charge >= 0.3 is 5.97 Å². The van der Waals surface area contributed by atoms with Crippen molar-refractivity contribution >= 4 is 17.7 Å². The molecule has 2 atom stereocenters. The predicted molar refractivity (Wildman–Crippen MR) is 65.1 cm³/mol. The topological polar surface area (TPSA) is 57.5 Å². The highest BCUT2D eigenvalue weighted by molar-refractivity contribution is 8.00. The predicted octanol–water partition coefficient (Wildman–Crippen LogP) is 2.55. The summed E-state index contributed by atoms with van der Waals surface area (Å²) in [5.41, 5.74) is 1.23. The van der Waals surface area contributed by atoms with Crippen LogP contribution < -0.4 is 0 Å². The van der Waals surface area contributed by atoms with Crippen molar-refractivity contribution in [2.75, 3.05) is 0 Å². The maximum Gasteiger partial charge on any atom is 0.336 e. The standard InChI is InChI=1S/C12H16O3S/c1-7-4-5-11(10(6-7)12(14)15)16-9(3)8(2)13/h4-6,8-9,13H,1-3H3,(H,14,15). The van der Waals surface area contributed by atoms with Crippen molar-refractivity contribution in [3.05, 3.63) is 29.3 Å². The molecule has 0 bridgehead atoms. The largest absolute Gasteiger partial charge is 0.478 e.